The van der Waals surface area contributed by atoms with Gasteiger partial charge in [0.05, 0.1) is 29.7 Å². The van der Waals surface area contributed by atoms with Gasteiger partial charge in [-0.1, -0.05) is 6.07 Å². The van der Waals surface area contributed by atoms with Gasteiger partial charge >= 0.3 is 6.18 Å². The summed E-state index contributed by atoms with van der Waals surface area (Å²) in [5.41, 5.74) is 3.08. The largest absolute Gasteiger partial charge is 0.480 e. The van der Waals surface area contributed by atoms with Gasteiger partial charge in [-0.05, 0) is 23.8 Å². The maximum atomic E-state index is 12.3. The zero-order valence-electron chi connectivity index (χ0n) is 14.0. The van der Waals surface area contributed by atoms with Crippen molar-refractivity contribution in [3.8, 4) is 17.0 Å². The number of methoxy groups -OCH3 is 1. The molecule has 27 heavy (non-hydrogen) atoms. The molecule has 0 saturated carbocycles. The van der Waals surface area contributed by atoms with Gasteiger partial charge in [0, 0.05) is 11.8 Å². The average Bonchev–Trinajstić information content (AvgIpc) is 3.08. The zero-order chi connectivity index (χ0) is 19.0. The van der Waals surface area contributed by atoms with Crippen molar-refractivity contribution in [3.05, 3.63) is 43.0 Å². The number of halogens is 3. The van der Waals surface area contributed by atoms with Gasteiger partial charge in [-0.25, -0.2) is 19.5 Å². The third-order valence-electron chi connectivity index (χ3n) is 3.97. The van der Waals surface area contributed by atoms with Crippen molar-refractivity contribution in [2.45, 2.75) is 6.18 Å². The number of anilines is 1. The highest BCUT2D eigenvalue weighted by Crippen LogP contribution is 2.30. The molecule has 0 unspecified atom stereocenters. The Labute approximate surface area is 150 Å². The third-order valence-corrected chi connectivity index (χ3v) is 3.97. The van der Waals surface area contributed by atoms with Crippen LogP contribution in [0.4, 0.5) is 19.1 Å². The first-order valence-electron chi connectivity index (χ1n) is 7.89. The van der Waals surface area contributed by atoms with Crippen LogP contribution in [0, 0.1) is 0 Å². The first-order chi connectivity index (χ1) is 12.9. The van der Waals surface area contributed by atoms with Gasteiger partial charge in [0.1, 0.15) is 12.9 Å². The van der Waals surface area contributed by atoms with Gasteiger partial charge in [-0.15, -0.1) is 5.10 Å². The van der Waals surface area contributed by atoms with Crippen LogP contribution in [0.5, 0.6) is 5.88 Å². The van der Waals surface area contributed by atoms with E-state index in [1.165, 1.54) is 24.1 Å². The lowest BCUT2D eigenvalue weighted by Gasteiger charge is -2.08. The van der Waals surface area contributed by atoms with E-state index >= 15 is 0 Å². The molecule has 0 saturated heterocycles. The molecule has 4 aromatic rings. The normalized spacial score (nSPS) is 11.9. The zero-order valence-corrected chi connectivity index (χ0v) is 14.0. The Bertz CT molecular complexity index is 1120. The van der Waals surface area contributed by atoms with E-state index in [0.717, 1.165) is 22.0 Å². The van der Waals surface area contributed by atoms with Gasteiger partial charge in [-0.2, -0.15) is 13.2 Å². The Kier molecular flexibility index (Phi) is 4.02. The molecule has 0 amide bonds. The van der Waals surface area contributed by atoms with E-state index in [1.807, 2.05) is 24.3 Å². The molecule has 0 aliphatic rings. The lowest BCUT2D eigenvalue weighted by Crippen LogP contribution is -2.22. The minimum absolute atomic E-state index is 0.101. The first-order valence-corrected chi connectivity index (χ1v) is 7.89. The summed E-state index contributed by atoms with van der Waals surface area (Å²) in [5.74, 6) is 0.357. The smallest absolute Gasteiger partial charge is 0.405 e. The van der Waals surface area contributed by atoms with E-state index in [4.69, 9.17) is 4.74 Å². The molecule has 0 radical (unpaired) electrons. The van der Waals surface area contributed by atoms with Gasteiger partial charge in [0.25, 0.3) is 0 Å². The summed E-state index contributed by atoms with van der Waals surface area (Å²) >= 11 is 0. The van der Waals surface area contributed by atoms with Crippen LogP contribution in [0.25, 0.3) is 27.5 Å². The Morgan fingerprint density at radius 3 is 2.78 bits per heavy atom. The second-order valence-corrected chi connectivity index (χ2v) is 5.72. The minimum Gasteiger partial charge on any atom is -0.480 e. The van der Waals surface area contributed by atoms with Gasteiger partial charge in [-0.3, -0.25) is 0 Å². The maximum Gasteiger partial charge on any atom is 0.405 e. The van der Waals surface area contributed by atoms with Crippen molar-refractivity contribution >= 4 is 22.4 Å². The second kappa shape index (κ2) is 6.38. The topological polar surface area (TPSA) is 77.2 Å². The molecule has 3 heterocycles. The quantitative estimate of drug-likeness (QED) is 0.591. The number of nitrogens with one attached hydrogen (secondary N) is 1. The summed E-state index contributed by atoms with van der Waals surface area (Å²) in [4.78, 5) is 12.3. The molecule has 0 fully saturated rings. The predicted octanol–water partition coefficient (Wildman–Crippen LogP) is 3.32. The Morgan fingerprint density at radius 1 is 1.15 bits per heavy atom. The highest BCUT2D eigenvalue weighted by Gasteiger charge is 2.27. The highest BCUT2D eigenvalue weighted by atomic mass is 19.4. The van der Waals surface area contributed by atoms with Crippen LogP contribution in [0.1, 0.15) is 0 Å². The fraction of sp³-hybridized carbons (Fsp3) is 0.176. The van der Waals surface area contributed by atoms with Gasteiger partial charge in [0.2, 0.25) is 11.8 Å². The van der Waals surface area contributed by atoms with Gasteiger partial charge in [0.15, 0.2) is 0 Å². The predicted molar refractivity (Wildman–Crippen MR) is 92.6 cm³/mol. The molecule has 0 aliphatic carbocycles. The van der Waals surface area contributed by atoms with Crippen molar-refractivity contribution in [2.75, 3.05) is 19.0 Å². The summed E-state index contributed by atoms with van der Waals surface area (Å²) < 4.78 is 43.7. The summed E-state index contributed by atoms with van der Waals surface area (Å²) in [6.07, 6.45) is 0.225. The van der Waals surface area contributed by atoms with E-state index in [2.05, 4.69) is 25.4 Å². The monoisotopic (exact) mass is 374 g/mol. The number of aromatic nitrogens is 5. The van der Waals surface area contributed by atoms with Crippen molar-refractivity contribution in [3.63, 3.8) is 0 Å². The third kappa shape index (κ3) is 3.33. The van der Waals surface area contributed by atoms with Crippen LogP contribution in [0.2, 0.25) is 0 Å². The van der Waals surface area contributed by atoms with E-state index in [0.29, 0.717) is 11.4 Å². The first kappa shape index (κ1) is 17.0. The molecule has 0 bridgehead atoms. The fourth-order valence-electron chi connectivity index (χ4n) is 2.77. The average molecular weight is 374 g/mol. The maximum absolute atomic E-state index is 12.3. The van der Waals surface area contributed by atoms with E-state index < -0.39 is 12.7 Å². The van der Waals surface area contributed by atoms with Crippen LogP contribution in [-0.4, -0.2) is 44.4 Å². The number of nitrogens with zero attached hydrogens (tertiary/aromatic N) is 5. The summed E-state index contributed by atoms with van der Waals surface area (Å²) in [6.45, 7) is -1.20. The molecule has 3 aromatic heterocycles. The van der Waals surface area contributed by atoms with E-state index in [-0.39, 0.29) is 5.95 Å². The fourth-order valence-corrected chi connectivity index (χ4v) is 2.77. The number of hydrogen-bond donors (Lipinski definition) is 1. The summed E-state index contributed by atoms with van der Waals surface area (Å²) in [6, 6.07) is 7.44. The number of rotatable bonds is 4. The number of hydrogen-bond acceptors (Lipinski definition) is 6. The Hall–Kier alpha value is -3.43. The standard InChI is InChI=1S/C17H13F3N6O/c1-27-15-12-6-10(2-3-13(12)23-9-24-15)11-4-5-26-14(11)7-21-16(25-26)22-8-17(18,19)20/h2-7,9H,8H2,1H3,(H,22,25). The van der Waals surface area contributed by atoms with E-state index in [1.54, 1.807) is 6.20 Å². The molecule has 0 atom stereocenters. The molecule has 1 aromatic carbocycles. The number of fused-ring (bicyclic) bond motifs is 2. The minimum atomic E-state index is -4.34. The Balaban J connectivity index is 1.73. The lowest BCUT2D eigenvalue weighted by molar-refractivity contribution is -0.115. The number of alkyl halides is 3. The molecular formula is C17H13F3N6O. The van der Waals surface area contributed by atoms with Crippen LogP contribution in [0.3, 0.4) is 0 Å². The SMILES string of the molecule is COc1ncnc2ccc(-c3ccn4nc(NCC(F)(F)F)ncc34)cc12. The molecule has 0 spiro atoms. The van der Waals surface area contributed by atoms with Crippen LogP contribution in [0.15, 0.2) is 43.0 Å². The molecule has 7 nitrogen and oxygen atoms in total. The van der Waals surface area contributed by atoms with Crippen LogP contribution in [-0.2, 0) is 0 Å². The van der Waals surface area contributed by atoms with Crippen molar-refractivity contribution < 1.29 is 17.9 Å². The second-order valence-electron chi connectivity index (χ2n) is 5.72. The highest BCUT2D eigenvalue weighted by molar-refractivity contribution is 5.91. The molecule has 4 rings (SSSR count). The molecular weight excluding hydrogens is 361 g/mol. The van der Waals surface area contributed by atoms with Crippen molar-refractivity contribution in [2.24, 2.45) is 0 Å². The molecule has 0 aliphatic heterocycles. The van der Waals surface area contributed by atoms with E-state index in [9.17, 15) is 13.2 Å². The Morgan fingerprint density at radius 2 is 2.00 bits per heavy atom. The number of benzene rings is 1. The van der Waals surface area contributed by atoms with Crippen LogP contribution >= 0.6 is 0 Å². The molecule has 138 valence electrons. The van der Waals surface area contributed by atoms with Crippen LogP contribution < -0.4 is 10.1 Å². The van der Waals surface area contributed by atoms with Gasteiger partial charge < -0.3 is 10.1 Å². The number of ether oxygens (including phenoxy) is 1. The summed E-state index contributed by atoms with van der Waals surface area (Å²) in [5, 5.41) is 6.98. The van der Waals surface area contributed by atoms with Crippen molar-refractivity contribution in [1.82, 2.24) is 24.6 Å². The van der Waals surface area contributed by atoms with Crippen molar-refractivity contribution in [1.29, 1.82) is 0 Å². The lowest BCUT2D eigenvalue weighted by atomic mass is 10.1. The summed E-state index contributed by atoms with van der Waals surface area (Å²) in [7, 11) is 1.53. The molecule has 1 N–H and O–H groups in total. The molecule has 10 heteroatoms.